The Morgan fingerprint density at radius 2 is 1.94 bits per heavy atom. The van der Waals surface area contributed by atoms with E-state index in [0.717, 1.165) is 11.3 Å². The zero-order valence-electron chi connectivity index (χ0n) is 9.46. The third-order valence-electron chi connectivity index (χ3n) is 2.44. The average molecular weight is 265 g/mol. The van der Waals surface area contributed by atoms with Gasteiger partial charge in [0.15, 0.2) is 0 Å². The predicted octanol–water partition coefficient (Wildman–Crippen LogP) is 3.32. The van der Waals surface area contributed by atoms with Gasteiger partial charge in [0, 0.05) is 17.8 Å². The van der Waals surface area contributed by atoms with Crippen LogP contribution in [-0.4, -0.2) is 17.0 Å². The molecule has 2 aromatic rings. The van der Waals surface area contributed by atoms with Gasteiger partial charge in [-0.1, -0.05) is 23.7 Å². The van der Waals surface area contributed by atoms with Gasteiger partial charge in [0.1, 0.15) is 5.75 Å². The Balaban J connectivity index is 2.44. The van der Waals surface area contributed by atoms with Crippen LogP contribution in [0.4, 0.5) is 5.69 Å². The summed E-state index contributed by atoms with van der Waals surface area (Å²) in [6.45, 7) is 0. The molecule has 0 unspecified atom stereocenters. The lowest BCUT2D eigenvalue weighted by molar-refractivity contribution is -0.385. The largest absolute Gasteiger partial charge is 0.497 e. The second kappa shape index (κ2) is 5.01. The van der Waals surface area contributed by atoms with E-state index in [0.29, 0.717) is 5.56 Å². The number of pyridine rings is 1. The quantitative estimate of drug-likeness (QED) is 0.485. The van der Waals surface area contributed by atoms with Crippen molar-refractivity contribution in [1.29, 1.82) is 0 Å². The Kier molecular flexibility index (Phi) is 3.43. The lowest BCUT2D eigenvalue weighted by Gasteiger charge is -2.04. The number of nitrogens with zero attached hydrogens (tertiary/aromatic N) is 2. The molecule has 0 aliphatic carbocycles. The maximum Gasteiger partial charge on any atom is 0.307 e. The Hall–Kier alpha value is -2.14. The molecule has 0 amide bonds. The number of nitro groups is 1. The van der Waals surface area contributed by atoms with Crippen molar-refractivity contribution in [2.75, 3.05) is 7.11 Å². The topological polar surface area (TPSA) is 65.3 Å². The molecule has 6 heteroatoms. The van der Waals surface area contributed by atoms with Crippen LogP contribution >= 0.6 is 11.6 Å². The first-order valence-electron chi connectivity index (χ1n) is 5.06. The molecule has 5 nitrogen and oxygen atoms in total. The van der Waals surface area contributed by atoms with Crippen molar-refractivity contribution in [2.45, 2.75) is 0 Å². The van der Waals surface area contributed by atoms with Gasteiger partial charge in [0.25, 0.3) is 0 Å². The first kappa shape index (κ1) is 12.3. The van der Waals surface area contributed by atoms with Crippen molar-refractivity contribution in [1.82, 2.24) is 4.98 Å². The van der Waals surface area contributed by atoms with Crippen molar-refractivity contribution in [3.63, 3.8) is 0 Å². The van der Waals surface area contributed by atoms with Gasteiger partial charge in [0.2, 0.25) is 5.15 Å². The molecule has 0 spiro atoms. The predicted molar refractivity (Wildman–Crippen MR) is 67.9 cm³/mol. The van der Waals surface area contributed by atoms with Crippen molar-refractivity contribution in [3.8, 4) is 16.9 Å². The van der Waals surface area contributed by atoms with Gasteiger partial charge in [-0.15, -0.1) is 0 Å². The molecule has 1 aromatic carbocycles. The Labute approximate surface area is 108 Å². The summed E-state index contributed by atoms with van der Waals surface area (Å²) in [4.78, 5) is 14.0. The molecule has 1 heterocycles. The van der Waals surface area contributed by atoms with Gasteiger partial charge in [-0.05, 0) is 17.7 Å². The van der Waals surface area contributed by atoms with Gasteiger partial charge < -0.3 is 4.74 Å². The third-order valence-corrected chi connectivity index (χ3v) is 2.73. The minimum absolute atomic E-state index is 0.114. The summed E-state index contributed by atoms with van der Waals surface area (Å²) < 4.78 is 5.04. The van der Waals surface area contributed by atoms with E-state index in [1.807, 2.05) is 0 Å². The average Bonchev–Trinajstić information content (AvgIpc) is 2.39. The van der Waals surface area contributed by atoms with E-state index < -0.39 is 4.92 Å². The maximum atomic E-state index is 10.8. The molecule has 0 N–H and O–H groups in total. The van der Waals surface area contributed by atoms with Crippen LogP contribution in [0.5, 0.6) is 5.75 Å². The number of hydrogen-bond acceptors (Lipinski definition) is 4. The van der Waals surface area contributed by atoms with Gasteiger partial charge in [-0.2, -0.15) is 0 Å². The summed E-state index contributed by atoms with van der Waals surface area (Å²) in [6.07, 6.45) is 1.50. The van der Waals surface area contributed by atoms with Crippen LogP contribution in [0.25, 0.3) is 11.1 Å². The molecule has 0 atom stereocenters. The fraction of sp³-hybridized carbons (Fsp3) is 0.0833. The number of methoxy groups -OCH3 is 1. The highest BCUT2D eigenvalue weighted by atomic mass is 35.5. The number of halogens is 1. The molecule has 0 fully saturated rings. The molecule has 0 saturated carbocycles. The second-order valence-corrected chi connectivity index (χ2v) is 3.88. The van der Waals surface area contributed by atoms with E-state index in [9.17, 15) is 10.1 Å². The van der Waals surface area contributed by atoms with Crippen molar-refractivity contribution < 1.29 is 9.66 Å². The molecule has 2 rings (SSSR count). The molecule has 92 valence electrons. The Morgan fingerprint density at radius 1 is 1.28 bits per heavy atom. The van der Waals surface area contributed by atoms with Crippen LogP contribution in [-0.2, 0) is 0 Å². The van der Waals surface area contributed by atoms with Crippen LogP contribution in [0.15, 0.2) is 36.5 Å². The summed E-state index contributed by atoms with van der Waals surface area (Å²) in [7, 11) is 1.57. The summed E-state index contributed by atoms with van der Waals surface area (Å²) >= 11 is 5.65. The highest BCUT2D eigenvalue weighted by Crippen LogP contribution is 2.28. The van der Waals surface area contributed by atoms with Crippen molar-refractivity contribution in [3.05, 3.63) is 51.8 Å². The van der Waals surface area contributed by atoms with Crippen LogP contribution < -0.4 is 4.74 Å². The molecule has 0 saturated heterocycles. The van der Waals surface area contributed by atoms with E-state index in [4.69, 9.17) is 16.3 Å². The van der Waals surface area contributed by atoms with E-state index in [2.05, 4.69) is 4.98 Å². The molecule has 0 aliphatic heterocycles. The first-order valence-corrected chi connectivity index (χ1v) is 5.44. The van der Waals surface area contributed by atoms with E-state index in [1.54, 1.807) is 31.4 Å². The van der Waals surface area contributed by atoms with Gasteiger partial charge in [-0.25, -0.2) is 4.98 Å². The number of benzene rings is 1. The standard InChI is InChI=1S/C12H9ClN2O3/c1-18-10-4-2-8(3-5-10)9-6-11(15(16)17)12(13)14-7-9/h2-7H,1H3. The highest BCUT2D eigenvalue weighted by molar-refractivity contribution is 6.31. The van der Waals surface area contributed by atoms with Gasteiger partial charge >= 0.3 is 5.69 Å². The van der Waals surface area contributed by atoms with E-state index in [-0.39, 0.29) is 10.8 Å². The van der Waals surface area contributed by atoms with Crippen molar-refractivity contribution >= 4 is 17.3 Å². The minimum Gasteiger partial charge on any atom is -0.497 e. The van der Waals surface area contributed by atoms with E-state index in [1.165, 1.54) is 12.3 Å². The molecular weight excluding hydrogens is 256 g/mol. The van der Waals surface area contributed by atoms with Crippen LogP contribution in [0.1, 0.15) is 0 Å². The number of aromatic nitrogens is 1. The maximum absolute atomic E-state index is 10.8. The summed E-state index contributed by atoms with van der Waals surface area (Å²) in [5.74, 6) is 0.718. The van der Waals surface area contributed by atoms with Gasteiger partial charge in [0.05, 0.1) is 12.0 Å². The van der Waals surface area contributed by atoms with E-state index >= 15 is 0 Å². The summed E-state index contributed by atoms with van der Waals surface area (Å²) in [6, 6.07) is 8.55. The second-order valence-electron chi connectivity index (χ2n) is 3.52. The van der Waals surface area contributed by atoms with Crippen molar-refractivity contribution in [2.24, 2.45) is 0 Å². The van der Waals surface area contributed by atoms with Gasteiger partial charge in [-0.3, -0.25) is 10.1 Å². The fourth-order valence-corrected chi connectivity index (χ4v) is 1.68. The monoisotopic (exact) mass is 264 g/mol. The summed E-state index contributed by atoms with van der Waals surface area (Å²) in [5, 5.41) is 10.7. The SMILES string of the molecule is COc1ccc(-c2cnc(Cl)c([N+](=O)[O-])c2)cc1. The zero-order valence-corrected chi connectivity index (χ0v) is 10.2. The normalized spacial score (nSPS) is 10.1. The number of ether oxygens (including phenoxy) is 1. The fourth-order valence-electron chi connectivity index (χ4n) is 1.51. The lowest BCUT2D eigenvalue weighted by Crippen LogP contribution is -1.92. The third kappa shape index (κ3) is 2.41. The Morgan fingerprint density at radius 3 is 2.50 bits per heavy atom. The molecule has 0 bridgehead atoms. The van der Waals surface area contributed by atoms with Crippen LogP contribution in [0.3, 0.4) is 0 Å². The molecule has 18 heavy (non-hydrogen) atoms. The minimum atomic E-state index is -0.553. The molecule has 1 aromatic heterocycles. The highest BCUT2D eigenvalue weighted by Gasteiger charge is 2.14. The number of rotatable bonds is 3. The smallest absolute Gasteiger partial charge is 0.307 e. The van der Waals surface area contributed by atoms with Crippen LogP contribution in [0, 0.1) is 10.1 Å². The molecule has 0 radical (unpaired) electrons. The number of hydrogen-bond donors (Lipinski definition) is 0. The van der Waals surface area contributed by atoms with Crippen LogP contribution in [0.2, 0.25) is 5.15 Å². The lowest BCUT2D eigenvalue weighted by atomic mass is 10.1. The molecule has 0 aliphatic rings. The Bertz CT molecular complexity index is 584. The first-order chi connectivity index (χ1) is 8.61. The molecular formula is C12H9ClN2O3. The zero-order chi connectivity index (χ0) is 13.1. The summed E-state index contributed by atoms with van der Waals surface area (Å²) in [5.41, 5.74) is 1.24.